The number of nitrogens with zero attached hydrogens (tertiary/aromatic N) is 2. The van der Waals surface area contributed by atoms with E-state index in [1.165, 1.54) is 0 Å². The van der Waals surface area contributed by atoms with Gasteiger partial charge in [0.15, 0.2) is 0 Å². The van der Waals surface area contributed by atoms with Crippen molar-refractivity contribution in [2.45, 2.75) is 37.1 Å². The van der Waals surface area contributed by atoms with E-state index in [0.29, 0.717) is 11.4 Å². The van der Waals surface area contributed by atoms with E-state index in [1.54, 1.807) is 22.6 Å². The molecule has 3 rings (SSSR count). The van der Waals surface area contributed by atoms with Crippen molar-refractivity contribution in [2.24, 2.45) is 0 Å². The summed E-state index contributed by atoms with van der Waals surface area (Å²) in [6.07, 6.45) is 4.51. The maximum atomic E-state index is 13.0. The predicted octanol–water partition coefficient (Wildman–Crippen LogP) is 4.07. The minimum Gasteiger partial charge on any atom is -0.249 e. The van der Waals surface area contributed by atoms with Crippen molar-refractivity contribution in [1.82, 2.24) is 9.29 Å². The summed E-state index contributed by atoms with van der Waals surface area (Å²) in [6, 6.07) is 10.7. The monoisotopic (exact) mass is 394 g/mol. The second-order valence-corrected chi connectivity index (χ2v) is 8.56. The standard InChI is InChI=1S/C17H19BrN2O2S/c1-13-5-8-15(9-6-13)23(21,22)20-11-3-2-4-16(20)14-7-10-17(18)19-12-14/h5-10,12,16H,2-4,11H2,1H3. The molecule has 6 heteroatoms. The average molecular weight is 395 g/mol. The van der Waals surface area contributed by atoms with E-state index in [2.05, 4.69) is 20.9 Å². The molecule has 0 saturated carbocycles. The Bertz CT molecular complexity index is 773. The molecule has 0 spiro atoms. The number of piperidine rings is 1. The van der Waals surface area contributed by atoms with E-state index in [9.17, 15) is 8.42 Å². The van der Waals surface area contributed by atoms with Gasteiger partial charge in [0, 0.05) is 12.7 Å². The van der Waals surface area contributed by atoms with E-state index in [0.717, 1.165) is 35.0 Å². The first-order valence-corrected chi connectivity index (χ1v) is 9.92. The van der Waals surface area contributed by atoms with Gasteiger partial charge >= 0.3 is 0 Å². The zero-order chi connectivity index (χ0) is 16.4. The van der Waals surface area contributed by atoms with Gasteiger partial charge < -0.3 is 0 Å². The molecule has 0 radical (unpaired) electrons. The van der Waals surface area contributed by atoms with E-state index < -0.39 is 10.0 Å². The van der Waals surface area contributed by atoms with Crippen LogP contribution in [0.1, 0.15) is 36.4 Å². The number of aromatic nitrogens is 1. The van der Waals surface area contributed by atoms with Gasteiger partial charge in [-0.2, -0.15) is 4.31 Å². The van der Waals surface area contributed by atoms with Gasteiger partial charge in [-0.1, -0.05) is 30.2 Å². The van der Waals surface area contributed by atoms with Crippen molar-refractivity contribution in [3.8, 4) is 0 Å². The van der Waals surface area contributed by atoms with Crippen LogP contribution in [0.3, 0.4) is 0 Å². The first-order chi connectivity index (χ1) is 11.0. The number of rotatable bonds is 3. The van der Waals surface area contributed by atoms with Gasteiger partial charge in [0.05, 0.1) is 10.9 Å². The Morgan fingerprint density at radius 3 is 2.52 bits per heavy atom. The Balaban J connectivity index is 1.97. The topological polar surface area (TPSA) is 50.3 Å². The highest BCUT2D eigenvalue weighted by atomic mass is 79.9. The molecule has 2 aromatic rings. The van der Waals surface area contributed by atoms with Gasteiger partial charge in [-0.05, 0) is 59.5 Å². The molecule has 1 atom stereocenters. The third-order valence-corrected chi connectivity index (χ3v) is 6.61. The van der Waals surface area contributed by atoms with Gasteiger partial charge in [0.2, 0.25) is 10.0 Å². The van der Waals surface area contributed by atoms with Crippen LogP contribution >= 0.6 is 15.9 Å². The molecule has 0 amide bonds. The maximum Gasteiger partial charge on any atom is 0.243 e. The Labute approximate surface area is 145 Å². The smallest absolute Gasteiger partial charge is 0.243 e. The summed E-state index contributed by atoms with van der Waals surface area (Å²) in [5.74, 6) is 0. The van der Waals surface area contributed by atoms with E-state index >= 15 is 0 Å². The molecule has 4 nitrogen and oxygen atoms in total. The molecular weight excluding hydrogens is 376 g/mol. The summed E-state index contributed by atoms with van der Waals surface area (Å²) in [7, 11) is -3.49. The number of hydrogen-bond donors (Lipinski definition) is 0. The lowest BCUT2D eigenvalue weighted by atomic mass is 9.99. The SMILES string of the molecule is Cc1ccc(S(=O)(=O)N2CCCCC2c2ccc(Br)nc2)cc1. The number of halogens is 1. The van der Waals surface area contributed by atoms with Crippen LogP contribution in [-0.2, 0) is 10.0 Å². The fourth-order valence-corrected chi connectivity index (χ4v) is 4.87. The minimum atomic E-state index is -3.49. The average Bonchev–Trinajstić information content (AvgIpc) is 2.56. The summed E-state index contributed by atoms with van der Waals surface area (Å²) in [6.45, 7) is 2.50. The second-order valence-electron chi connectivity index (χ2n) is 5.85. The number of aryl methyl sites for hydroxylation is 1. The predicted molar refractivity (Wildman–Crippen MR) is 93.6 cm³/mol. The number of benzene rings is 1. The van der Waals surface area contributed by atoms with Crippen LogP contribution in [0, 0.1) is 6.92 Å². The van der Waals surface area contributed by atoms with Gasteiger partial charge in [-0.15, -0.1) is 0 Å². The van der Waals surface area contributed by atoms with Gasteiger partial charge in [0.25, 0.3) is 0 Å². The zero-order valence-electron chi connectivity index (χ0n) is 12.9. The van der Waals surface area contributed by atoms with Crippen LogP contribution in [0.5, 0.6) is 0 Å². The Kier molecular flexibility index (Phi) is 4.85. The summed E-state index contributed by atoms with van der Waals surface area (Å²) in [5, 5.41) is 0. The molecule has 1 aliphatic rings. The van der Waals surface area contributed by atoms with Gasteiger partial charge in [-0.3, -0.25) is 0 Å². The van der Waals surface area contributed by atoms with E-state index in [1.807, 2.05) is 31.2 Å². The fourth-order valence-electron chi connectivity index (χ4n) is 2.96. The van der Waals surface area contributed by atoms with Crippen molar-refractivity contribution in [1.29, 1.82) is 0 Å². The molecule has 2 heterocycles. The largest absolute Gasteiger partial charge is 0.249 e. The lowest BCUT2D eigenvalue weighted by Gasteiger charge is -2.34. The van der Waals surface area contributed by atoms with Crippen LogP contribution in [0.2, 0.25) is 0 Å². The molecule has 0 N–H and O–H groups in total. The number of sulfonamides is 1. The lowest BCUT2D eigenvalue weighted by Crippen LogP contribution is -2.38. The normalized spacial score (nSPS) is 19.7. The third kappa shape index (κ3) is 3.49. The van der Waals surface area contributed by atoms with Gasteiger partial charge in [-0.25, -0.2) is 13.4 Å². The first kappa shape index (κ1) is 16.6. The van der Waals surface area contributed by atoms with Crippen LogP contribution in [0.15, 0.2) is 52.1 Å². The van der Waals surface area contributed by atoms with Crippen molar-refractivity contribution in [3.63, 3.8) is 0 Å². The highest BCUT2D eigenvalue weighted by molar-refractivity contribution is 9.10. The maximum absolute atomic E-state index is 13.0. The first-order valence-electron chi connectivity index (χ1n) is 7.68. The van der Waals surface area contributed by atoms with Crippen LogP contribution < -0.4 is 0 Å². The molecule has 1 aromatic carbocycles. The Morgan fingerprint density at radius 1 is 1.13 bits per heavy atom. The van der Waals surface area contributed by atoms with E-state index in [-0.39, 0.29) is 6.04 Å². The minimum absolute atomic E-state index is 0.143. The quantitative estimate of drug-likeness (QED) is 0.737. The second kappa shape index (κ2) is 6.71. The summed E-state index contributed by atoms with van der Waals surface area (Å²) in [5.41, 5.74) is 2.00. The van der Waals surface area contributed by atoms with Crippen LogP contribution in [0.25, 0.3) is 0 Å². The highest BCUT2D eigenvalue weighted by Crippen LogP contribution is 2.35. The summed E-state index contributed by atoms with van der Waals surface area (Å²) >= 11 is 3.32. The van der Waals surface area contributed by atoms with Crippen LogP contribution in [-0.4, -0.2) is 24.3 Å². The van der Waals surface area contributed by atoms with Gasteiger partial charge in [0.1, 0.15) is 4.60 Å². The molecule has 122 valence electrons. The number of hydrogen-bond acceptors (Lipinski definition) is 3. The molecule has 1 aliphatic heterocycles. The third-order valence-electron chi connectivity index (χ3n) is 4.22. The van der Waals surface area contributed by atoms with Crippen molar-refractivity contribution in [3.05, 3.63) is 58.3 Å². The summed E-state index contributed by atoms with van der Waals surface area (Å²) in [4.78, 5) is 4.61. The molecule has 1 unspecified atom stereocenters. The Hall–Kier alpha value is -1.24. The number of pyridine rings is 1. The molecule has 23 heavy (non-hydrogen) atoms. The highest BCUT2D eigenvalue weighted by Gasteiger charge is 2.34. The van der Waals surface area contributed by atoms with Crippen LogP contribution in [0.4, 0.5) is 0 Å². The molecular formula is C17H19BrN2O2S. The molecule has 0 aliphatic carbocycles. The van der Waals surface area contributed by atoms with Crippen molar-refractivity contribution >= 4 is 26.0 Å². The molecule has 0 bridgehead atoms. The Morgan fingerprint density at radius 2 is 1.87 bits per heavy atom. The zero-order valence-corrected chi connectivity index (χ0v) is 15.3. The van der Waals surface area contributed by atoms with E-state index in [4.69, 9.17) is 0 Å². The lowest BCUT2D eigenvalue weighted by molar-refractivity contribution is 0.255. The fraction of sp³-hybridized carbons (Fsp3) is 0.353. The molecule has 1 saturated heterocycles. The molecule has 1 aromatic heterocycles. The van der Waals surface area contributed by atoms with Crippen molar-refractivity contribution in [2.75, 3.05) is 6.54 Å². The summed E-state index contributed by atoms with van der Waals surface area (Å²) < 4.78 is 28.5. The van der Waals surface area contributed by atoms with Crippen molar-refractivity contribution < 1.29 is 8.42 Å². The molecule has 1 fully saturated rings.